The van der Waals surface area contributed by atoms with Crippen LogP contribution in [0.4, 0.5) is 4.39 Å². The van der Waals surface area contributed by atoms with Crippen molar-refractivity contribution in [1.29, 1.82) is 0 Å². The molecule has 1 N–H and O–H groups in total. The minimum Gasteiger partial charge on any atom is -0.352 e. The Labute approximate surface area is 187 Å². The number of aryl methyl sites for hydroxylation is 2. The average Bonchev–Trinajstić information content (AvgIpc) is 3.21. The lowest BCUT2D eigenvalue weighted by Gasteiger charge is -2.31. The molecule has 4 rings (SSSR count). The van der Waals surface area contributed by atoms with E-state index in [1.807, 2.05) is 47.9 Å². The van der Waals surface area contributed by atoms with Gasteiger partial charge in [0.05, 0.1) is 6.20 Å². The van der Waals surface area contributed by atoms with Crippen molar-refractivity contribution in [2.45, 2.75) is 33.2 Å². The second-order valence-corrected chi connectivity index (χ2v) is 8.23. The third kappa shape index (κ3) is 4.56. The number of aromatic nitrogens is 2. The van der Waals surface area contributed by atoms with Gasteiger partial charge in [-0.1, -0.05) is 30.3 Å². The smallest absolute Gasteiger partial charge is 0.272 e. The monoisotopic (exact) mass is 434 g/mol. The molecule has 0 spiro atoms. The molecule has 1 saturated heterocycles. The number of carbonyl (C=O) groups is 2. The molecule has 2 heterocycles. The number of amides is 2. The van der Waals surface area contributed by atoms with E-state index in [4.69, 9.17) is 0 Å². The number of halogens is 1. The number of piperidine rings is 1. The molecule has 2 aromatic carbocycles. The molecule has 32 heavy (non-hydrogen) atoms. The number of hydrogen-bond donors (Lipinski definition) is 1. The summed E-state index contributed by atoms with van der Waals surface area (Å²) in [6, 6.07) is 14.7. The molecule has 0 saturated carbocycles. The molecule has 0 radical (unpaired) electrons. The van der Waals surface area contributed by atoms with Crippen molar-refractivity contribution in [1.82, 2.24) is 19.8 Å². The Bertz CT molecular complexity index is 1120. The normalized spacial score (nSPS) is 14.4. The van der Waals surface area contributed by atoms with Crippen LogP contribution in [0.5, 0.6) is 0 Å². The standard InChI is InChI=1S/C25H27FN4O2/c1-17-8-9-19(14-22(17)26)15-28-24(31)20-10-12-29(13-11-20)25(32)23-16-27-18(2)30(23)21-6-4-3-5-7-21/h3-9,14,16,20H,10-13,15H2,1-2H3,(H,28,31). The van der Waals surface area contributed by atoms with Crippen LogP contribution < -0.4 is 5.32 Å². The Morgan fingerprint density at radius 1 is 1.09 bits per heavy atom. The lowest BCUT2D eigenvalue weighted by atomic mass is 9.95. The summed E-state index contributed by atoms with van der Waals surface area (Å²) in [4.78, 5) is 31.9. The summed E-state index contributed by atoms with van der Waals surface area (Å²) >= 11 is 0. The SMILES string of the molecule is Cc1ccc(CNC(=O)C2CCN(C(=O)c3cnc(C)n3-c3ccccc3)CC2)cc1F. The van der Waals surface area contributed by atoms with Gasteiger partial charge in [0.15, 0.2) is 0 Å². The number of imidazole rings is 1. The van der Waals surface area contributed by atoms with E-state index in [2.05, 4.69) is 10.3 Å². The van der Waals surface area contributed by atoms with Crippen molar-refractivity contribution in [3.05, 3.63) is 83.2 Å². The molecule has 0 unspecified atom stereocenters. The molecule has 3 aromatic rings. The molecule has 166 valence electrons. The first-order valence-electron chi connectivity index (χ1n) is 10.9. The van der Waals surface area contributed by atoms with Gasteiger partial charge >= 0.3 is 0 Å². The van der Waals surface area contributed by atoms with E-state index in [1.165, 1.54) is 6.07 Å². The lowest BCUT2D eigenvalue weighted by Crippen LogP contribution is -2.43. The van der Waals surface area contributed by atoms with Gasteiger partial charge in [-0.2, -0.15) is 0 Å². The maximum absolute atomic E-state index is 13.7. The Hall–Kier alpha value is -3.48. The zero-order valence-electron chi connectivity index (χ0n) is 18.3. The summed E-state index contributed by atoms with van der Waals surface area (Å²) in [6.45, 7) is 4.90. The molecule has 1 aliphatic heterocycles. The van der Waals surface area contributed by atoms with Crippen LogP contribution >= 0.6 is 0 Å². The molecule has 0 aliphatic carbocycles. The van der Waals surface area contributed by atoms with Gasteiger partial charge in [0.1, 0.15) is 17.3 Å². The van der Waals surface area contributed by atoms with E-state index < -0.39 is 0 Å². The van der Waals surface area contributed by atoms with Crippen LogP contribution in [-0.2, 0) is 11.3 Å². The van der Waals surface area contributed by atoms with E-state index in [9.17, 15) is 14.0 Å². The number of likely N-dealkylation sites (tertiary alicyclic amines) is 1. The van der Waals surface area contributed by atoms with Crippen molar-refractivity contribution in [2.24, 2.45) is 5.92 Å². The average molecular weight is 435 g/mol. The van der Waals surface area contributed by atoms with Crippen LogP contribution in [0.3, 0.4) is 0 Å². The molecule has 6 nitrogen and oxygen atoms in total. The van der Waals surface area contributed by atoms with Crippen molar-refractivity contribution in [2.75, 3.05) is 13.1 Å². The third-order valence-corrected chi connectivity index (χ3v) is 6.03. The number of nitrogens with zero attached hydrogens (tertiary/aromatic N) is 3. The molecular formula is C25H27FN4O2. The fourth-order valence-electron chi connectivity index (χ4n) is 4.08. The largest absolute Gasteiger partial charge is 0.352 e. The van der Waals surface area contributed by atoms with Gasteiger partial charge in [-0.15, -0.1) is 0 Å². The van der Waals surface area contributed by atoms with Gasteiger partial charge in [0.25, 0.3) is 5.91 Å². The van der Waals surface area contributed by atoms with Crippen LogP contribution in [0.2, 0.25) is 0 Å². The highest BCUT2D eigenvalue weighted by Gasteiger charge is 2.29. The summed E-state index contributed by atoms with van der Waals surface area (Å²) in [5, 5.41) is 2.90. The van der Waals surface area contributed by atoms with Crippen molar-refractivity contribution in [3.8, 4) is 5.69 Å². The highest BCUT2D eigenvalue weighted by atomic mass is 19.1. The second kappa shape index (κ2) is 9.34. The van der Waals surface area contributed by atoms with Gasteiger partial charge < -0.3 is 10.2 Å². The molecule has 0 atom stereocenters. The Morgan fingerprint density at radius 3 is 2.50 bits per heavy atom. The second-order valence-electron chi connectivity index (χ2n) is 8.23. The molecular weight excluding hydrogens is 407 g/mol. The first-order chi connectivity index (χ1) is 15.4. The van der Waals surface area contributed by atoms with Gasteiger partial charge in [-0.25, -0.2) is 9.37 Å². The summed E-state index contributed by atoms with van der Waals surface area (Å²) in [7, 11) is 0. The zero-order valence-corrected chi connectivity index (χ0v) is 18.3. The predicted molar refractivity (Wildman–Crippen MR) is 120 cm³/mol. The van der Waals surface area contributed by atoms with Crippen LogP contribution in [0, 0.1) is 25.6 Å². The minimum absolute atomic E-state index is 0.0525. The first-order valence-corrected chi connectivity index (χ1v) is 10.9. The van der Waals surface area contributed by atoms with Crippen LogP contribution in [0.1, 0.15) is 40.3 Å². The number of benzene rings is 2. The van der Waals surface area contributed by atoms with Crippen LogP contribution in [0.25, 0.3) is 5.69 Å². The van der Waals surface area contributed by atoms with Crippen LogP contribution in [0.15, 0.2) is 54.7 Å². The number of rotatable bonds is 5. The molecule has 1 aliphatic rings. The van der Waals surface area contributed by atoms with E-state index >= 15 is 0 Å². The lowest BCUT2D eigenvalue weighted by molar-refractivity contribution is -0.126. The van der Waals surface area contributed by atoms with Crippen LogP contribution in [-0.4, -0.2) is 39.4 Å². The zero-order chi connectivity index (χ0) is 22.7. The van der Waals surface area contributed by atoms with Gasteiger partial charge in [-0.05, 0) is 56.0 Å². The summed E-state index contributed by atoms with van der Waals surface area (Å²) in [5.41, 5.74) is 2.74. The molecule has 7 heteroatoms. The molecule has 1 aromatic heterocycles. The van der Waals surface area contributed by atoms with Crippen molar-refractivity contribution < 1.29 is 14.0 Å². The number of para-hydroxylation sites is 1. The number of nitrogens with one attached hydrogen (secondary N) is 1. The summed E-state index contributed by atoms with van der Waals surface area (Å²) < 4.78 is 15.6. The van der Waals surface area contributed by atoms with E-state index in [1.54, 1.807) is 24.1 Å². The quantitative estimate of drug-likeness (QED) is 0.664. The van der Waals surface area contributed by atoms with E-state index in [0.29, 0.717) is 43.7 Å². The Balaban J connectivity index is 1.35. The van der Waals surface area contributed by atoms with E-state index in [0.717, 1.165) is 17.1 Å². The highest BCUT2D eigenvalue weighted by molar-refractivity contribution is 5.93. The Morgan fingerprint density at radius 2 is 1.81 bits per heavy atom. The first kappa shape index (κ1) is 21.7. The fraction of sp³-hybridized carbons (Fsp3) is 0.320. The third-order valence-electron chi connectivity index (χ3n) is 6.03. The summed E-state index contributed by atoms with van der Waals surface area (Å²) in [5.74, 6) is 0.191. The van der Waals surface area contributed by atoms with Gasteiger partial charge in [0.2, 0.25) is 5.91 Å². The highest BCUT2D eigenvalue weighted by Crippen LogP contribution is 2.22. The minimum atomic E-state index is -0.270. The molecule has 1 fully saturated rings. The molecule has 0 bridgehead atoms. The number of hydrogen-bond acceptors (Lipinski definition) is 3. The van der Waals surface area contributed by atoms with Crippen molar-refractivity contribution >= 4 is 11.8 Å². The van der Waals surface area contributed by atoms with E-state index in [-0.39, 0.29) is 23.5 Å². The maximum atomic E-state index is 13.7. The van der Waals surface area contributed by atoms with Gasteiger partial charge in [-0.3, -0.25) is 14.2 Å². The molecule has 2 amide bonds. The van der Waals surface area contributed by atoms with Crippen molar-refractivity contribution in [3.63, 3.8) is 0 Å². The predicted octanol–water partition coefficient (Wildman–Crippen LogP) is 3.80. The summed E-state index contributed by atoms with van der Waals surface area (Å²) in [6.07, 6.45) is 2.81. The maximum Gasteiger partial charge on any atom is 0.272 e. The number of carbonyl (C=O) groups excluding carboxylic acids is 2. The topological polar surface area (TPSA) is 67.2 Å². The van der Waals surface area contributed by atoms with Gasteiger partial charge in [0, 0.05) is 31.2 Å². The Kier molecular flexibility index (Phi) is 6.35. The fourth-order valence-corrected chi connectivity index (χ4v) is 4.08.